The number of hydrogen-bond acceptors (Lipinski definition) is 7. The van der Waals surface area contributed by atoms with Gasteiger partial charge in [-0.1, -0.05) is 6.07 Å². The highest BCUT2D eigenvalue weighted by Crippen LogP contribution is 2.35. The van der Waals surface area contributed by atoms with Crippen LogP contribution in [0.4, 0.5) is 11.4 Å². The number of ether oxygens (including phenoxy) is 3. The van der Waals surface area contributed by atoms with Crippen LogP contribution in [0.5, 0.6) is 11.5 Å². The summed E-state index contributed by atoms with van der Waals surface area (Å²) in [5, 5.41) is 2.72. The van der Waals surface area contributed by atoms with E-state index in [0.717, 1.165) is 10.6 Å². The number of benzene rings is 2. The van der Waals surface area contributed by atoms with Gasteiger partial charge in [0.2, 0.25) is 15.9 Å². The van der Waals surface area contributed by atoms with Crippen molar-refractivity contribution in [3.05, 3.63) is 47.5 Å². The first-order valence-corrected chi connectivity index (χ1v) is 11.9. The summed E-state index contributed by atoms with van der Waals surface area (Å²) in [6, 6.07) is 8.41. The summed E-state index contributed by atoms with van der Waals surface area (Å²) in [6.45, 7) is 5.94. The van der Waals surface area contributed by atoms with E-state index in [0.29, 0.717) is 36.0 Å². The molecule has 32 heavy (non-hydrogen) atoms. The Kier molecular flexibility index (Phi) is 6.93. The van der Waals surface area contributed by atoms with Gasteiger partial charge in [-0.3, -0.25) is 9.10 Å². The third-order valence-electron chi connectivity index (χ3n) is 4.88. The molecule has 10 heteroatoms. The molecular formula is C22H26N2O7S. The molecule has 1 heterocycles. The van der Waals surface area contributed by atoms with Crippen LogP contribution in [0.3, 0.4) is 0 Å². The monoisotopic (exact) mass is 462 g/mol. The fourth-order valence-electron chi connectivity index (χ4n) is 3.31. The van der Waals surface area contributed by atoms with Crippen molar-refractivity contribution in [2.75, 3.05) is 35.7 Å². The maximum absolute atomic E-state index is 13.0. The minimum absolute atomic E-state index is 0.226. The lowest BCUT2D eigenvalue weighted by Gasteiger charge is -2.29. The second-order valence-corrected chi connectivity index (χ2v) is 9.16. The van der Waals surface area contributed by atoms with E-state index in [1.807, 2.05) is 0 Å². The van der Waals surface area contributed by atoms with E-state index in [9.17, 15) is 18.0 Å². The quantitative estimate of drug-likeness (QED) is 0.630. The maximum atomic E-state index is 13.0. The van der Waals surface area contributed by atoms with Crippen LogP contribution in [0.25, 0.3) is 0 Å². The number of esters is 1. The Labute approximate surface area is 187 Å². The Morgan fingerprint density at radius 2 is 1.81 bits per heavy atom. The Morgan fingerprint density at radius 3 is 2.47 bits per heavy atom. The highest BCUT2D eigenvalue weighted by molar-refractivity contribution is 7.92. The average Bonchev–Trinajstić information content (AvgIpc) is 2.74. The number of rotatable bonds is 7. The molecule has 0 aromatic heterocycles. The van der Waals surface area contributed by atoms with Crippen LogP contribution in [0.15, 0.2) is 36.4 Å². The second kappa shape index (κ2) is 9.47. The van der Waals surface area contributed by atoms with E-state index in [1.54, 1.807) is 38.1 Å². The zero-order valence-electron chi connectivity index (χ0n) is 18.4. The van der Waals surface area contributed by atoms with Crippen LogP contribution < -0.4 is 19.1 Å². The van der Waals surface area contributed by atoms with E-state index in [4.69, 9.17) is 14.2 Å². The van der Waals surface area contributed by atoms with Gasteiger partial charge in [-0.15, -0.1) is 0 Å². The van der Waals surface area contributed by atoms with Crippen molar-refractivity contribution in [2.45, 2.75) is 26.8 Å². The Morgan fingerprint density at radius 1 is 1.12 bits per heavy atom. The van der Waals surface area contributed by atoms with Gasteiger partial charge in [-0.25, -0.2) is 13.2 Å². The van der Waals surface area contributed by atoms with Crippen molar-refractivity contribution in [2.24, 2.45) is 0 Å². The first-order chi connectivity index (χ1) is 15.1. The van der Waals surface area contributed by atoms with Crippen molar-refractivity contribution in [3.63, 3.8) is 0 Å². The molecule has 3 rings (SSSR count). The molecule has 2 aromatic carbocycles. The van der Waals surface area contributed by atoms with Gasteiger partial charge in [-0.05, 0) is 50.6 Å². The number of carbonyl (C=O) groups excluding carboxylic acids is 2. The average molecular weight is 463 g/mol. The molecule has 0 saturated heterocycles. The van der Waals surface area contributed by atoms with Gasteiger partial charge in [0.05, 0.1) is 24.1 Å². The maximum Gasteiger partial charge on any atom is 0.338 e. The molecule has 1 aliphatic heterocycles. The standard InChI is InChI=1S/C22H26N2O7S/c1-5-29-22(26)16-7-6-14(2)18(12-16)23-21(25)15(3)24(32(4,27)28)17-8-9-19-20(13-17)31-11-10-30-19/h6-9,12-13,15H,5,10-11H2,1-4H3,(H,23,25)/t15-/m1/s1. The Balaban J connectivity index is 1.88. The van der Waals surface area contributed by atoms with Crippen LogP contribution >= 0.6 is 0 Å². The van der Waals surface area contributed by atoms with Crippen LogP contribution in [-0.2, 0) is 19.6 Å². The fourth-order valence-corrected chi connectivity index (χ4v) is 4.48. The first-order valence-electron chi connectivity index (χ1n) is 10.1. The van der Waals surface area contributed by atoms with Crippen molar-refractivity contribution >= 4 is 33.3 Å². The van der Waals surface area contributed by atoms with E-state index < -0.39 is 27.9 Å². The van der Waals surface area contributed by atoms with Gasteiger partial charge in [0.25, 0.3) is 0 Å². The van der Waals surface area contributed by atoms with E-state index in [1.165, 1.54) is 19.1 Å². The molecular weight excluding hydrogens is 436 g/mol. The number of fused-ring (bicyclic) bond motifs is 1. The molecule has 0 spiro atoms. The minimum atomic E-state index is -3.82. The number of anilines is 2. The van der Waals surface area contributed by atoms with Gasteiger partial charge in [0.15, 0.2) is 11.5 Å². The molecule has 172 valence electrons. The van der Waals surface area contributed by atoms with Crippen LogP contribution in [0.1, 0.15) is 29.8 Å². The van der Waals surface area contributed by atoms with E-state index in [-0.39, 0.29) is 17.9 Å². The summed E-state index contributed by atoms with van der Waals surface area (Å²) in [6.07, 6.45) is 1.03. The van der Waals surface area contributed by atoms with E-state index >= 15 is 0 Å². The predicted molar refractivity (Wildman–Crippen MR) is 120 cm³/mol. The van der Waals surface area contributed by atoms with E-state index in [2.05, 4.69) is 5.32 Å². The molecule has 0 fully saturated rings. The van der Waals surface area contributed by atoms with Gasteiger partial charge in [0, 0.05) is 11.8 Å². The number of hydrogen-bond donors (Lipinski definition) is 1. The number of aryl methyl sites for hydroxylation is 1. The third kappa shape index (κ3) is 5.13. The molecule has 1 aliphatic rings. The zero-order chi connectivity index (χ0) is 23.5. The van der Waals surface area contributed by atoms with Gasteiger partial charge in [-0.2, -0.15) is 0 Å². The lowest BCUT2D eigenvalue weighted by molar-refractivity contribution is -0.116. The second-order valence-electron chi connectivity index (χ2n) is 7.30. The molecule has 1 amide bonds. The van der Waals surface area contributed by atoms with Crippen molar-refractivity contribution < 1.29 is 32.2 Å². The Hall–Kier alpha value is -3.27. The van der Waals surface area contributed by atoms with Gasteiger partial charge < -0.3 is 19.5 Å². The first kappa shape index (κ1) is 23.4. The Bertz CT molecular complexity index is 1130. The number of nitrogens with zero attached hydrogens (tertiary/aromatic N) is 1. The molecule has 0 unspecified atom stereocenters. The number of carbonyl (C=O) groups is 2. The summed E-state index contributed by atoms with van der Waals surface area (Å²) >= 11 is 0. The fraction of sp³-hybridized carbons (Fsp3) is 0.364. The summed E-state index contributed by atoms with van der Waals surface area (Å²) in [5.41, 5.74) is 1.66. The van der Waals surface area contributed by atoms with Crippen LogP contribution in [-0.4, -0.2) is 52.4 Å². The summed E-state index contributed by atoms with van der Waals surface area (Å²) in [4.78, 5) is 25.1. The summed E-state index contributed by atoms with van der Waals surface area (Å²) < 4.78 is 42.2. The molecule has 1 atom stereocenters. The molecule has 9 nitrogen and oxygen atoms in total. The lowest BCUT2D eigenvalue weighted by Crippen LogP contribution is -2.45. The zero-order valence-corrected chi connectivity index (χ0v) is 19.2. The number of amides is 1. The normalized spacial score (nSPS) is 13.8. The third-order valence-corrected chi connectivity index (χ3v) is 6.12. The molecule has 2 aromatic rings. The summed E-state index contributed by atoms with van der Waals surface area (Å²) in [7, 11) is -3.82. The van der Waals surface area contributed by atoms with Crippen LogP contribution in [0, 0.1) is 6.92 Å². The largest absolute Gasteiger partial charge is 0.486 e. The van der Waals surface area contributed by atoms with Crippen molar-refractivity contribution in [1.29, 1.82) is 0 Å². The molecule has 0 bridgehead atoms. The topological polar surface area (TPSA) is 111 Å². The minimum Gasteiger partial charge on any atom is -0.486 e. The van der Waals surface area contributed by atoms with Crippen molar-refractivity contribution in [1.82, 2.24) is 0 Å². The SMILES string of the molecule is CCOC(=O)c1ccc(C)c(NC(=O)[C@@H](C)N(c2ccc3c(c2)OCCO3)S(C)(=O)=O)c1. The molecule has 0 radical (unpaired) electrons. The highest BCUT2D eigenvalue weighted by Gasteiger charge is 2.30. The smallest absolute Gasteiger partial charge is 0.338 e. The molecule has 1 N–H and O–H groups in total. The predicted octanol–water partition coefficient (Wildman–Crippen LogP) is 2.74. The number of sulfonamides is 1. The van der Waals surface area contributed by atoms with Crippen molar-refractivity contribution in [3.8, 4) is 11.5 Å². The molecule has 0 saturated carbocycles. The van der Waals surface area contributed by atoms with Crippen LogP contribution in [0.2, 0.25) is 0 Å². The molecule has 0 aliphatic carbocycles. The summed E-state index contributed by atoms with van der Waals surface area (Å²) in [5.74, 6) is -0.149. The number of nitrogens with one attached hydrogen (secondary N) is 1. The van der Waals surface area contributed by atoms with Gasteiger partial charge in [0.1, 0.15) is 19.3 Å². The highest BCUT2D eigenvalue weighted by atomic mass is 32.2. The lowest BCUT2D eigenvalue weighted by atomic mass is 10.1. The van der Waals surface area contributed by atoms with Gasteiger partial charge >= 0.3 is 5.97 Å².